The number of thiophene rings is 1. The van der Waals surface area contributed by atoms with Crippen molar-refractivity contribution in [1.82, 2.24) is 4.98 Å². The summed E-state index contributed by atoms with van der Waals surface area (Å²) >= 11 is 1.00. The van der Waals surface area contributed by atoms with Gasteiger partial charge in [0.05, 0.1) is 43.7 Å². The number of nitrogens with zero attached hydrogens (tertiary/aromatic N) is 2. The van der Waals surface area contributed by atoms with Crippen LogP contribution in [0.25, 0.3) is 22.2 Å². The van der Waals surface area contributed by atoms with Crippen LogP contribution in [-0.2, 0) is 4.74 Å². The number of methoxy groups -OCH3 is 3. The number of fused-ring (bicyclic) bond motifs is 1. The third-order valence-corrected chi connectivity index (χ3v) is 6.69. The van der Waals surface area contributed by atoms with Crippen molar-refractivity contribution in [2.24, 2.45) is 0 Å². The smallest absolute Gasteiger partial charge is 0.348 e. The van der Waals surface area contributed by atoms with Gasteiger partial charge < -0.3 is 19.5 Å². The Kier molecular flexibility index (Phi) is 6.66. The number of carbonyl (C=O) groups excluding carboxylic acids is 2. The molecule has 35 heavy (non-hydrogen) atoms. The topological polar surface area (TPSA) is 111 Å². The van der Waals surface area contributed by atoms with Crippen LogP contribution in [0.4, 0.5) is 5.00 Å². The van der Waals surface area contributed by atoms with Crippen molar-refractivity contribution in [2.45, 2.75) is 6.92 Å². The van der Waals surface area contributed by atoms with Crippen molar-refractivity contribution in [3.63, 3.8) is 0 Å². The van der Waals surface area contributed by atoms with E-state index in [9.17, 15) is 14.9 Å². The molecule has 8 nitrogen and oxygen atoms in total. The van der Waals surface area contributed by atoms with Crippen LogP contribution in [0, 0.1) is 18.3 Å². The highest BCUT2D eigenvalue weighted by Crippen LogP contribution is 2.36. The van der Waals surface area contributed by atoms with Crippen molar-refractivity contribution in [2.75, 3.05) is 26.6 Å². The van der Waals surface area contributed by atoms with E-state index in [1.54, 1.807) is 45.4 Å². The Morgan fingerprint density at radius 1 is 1.06 bits per heavy atom. The van der Waals surface area contributed by atoms with Gasteiger partial charge in [-0.3, -0.25) is 4.79 Å². The molecule has 0 saturated heterocycles. The third kappa shape index (κ3) is 4.39. The van der Waals surface area contributed by atoms with E-state index in [1.165, 1.54) is 7.11 Å². The van der Waals surface area contributed by atoms with E-state index < -0.39 is 11.9 Å². The van der Waals surface area contributed by atoms with E-state index in [0.29, 0.717) is 44.8 Å². The van der Waals surface area contributed by atoms with Crippen LogP contribution in [-0.4, -0.2) is 38.2 Å². The fourth-order valence-electron chi connectivity index (χ4n) is 3.71. The molecule has 0 atom stereocenters. The van der Waals surface area contributed by atoms with E-state index in [1.807, 2.05) is 24.3 Å². The molecular weight excluding hydrogens is 466 g/mol. The largest absolute Gasteiger partial charge is 0.497 e. The molecule has 4 aromatic rings. The molecule has 0 aliphatic rings. The molecule has 0 unspecified atom stereocenters. The zero-order valence-corrected chi connectivity index (χ0v) is 20.3. The summed E-state index contributed by atoms with van der Waals surface area (Å²) in [6.07, 6.45) is 0. The lowest BCUT2D eigenvalue weighted by molar-refractivity contribution is 0.0605. The van der Waals surface area contributed by atoms with Crippen LogP contribution >= 0.6 is 11.3 Å². The number of nitriles is 1. The maximum absolute atomic E-state index is 13.5. The number of nitrogens with one attached hydrogen (secondary N) is 1. The molecule has 176 valence electrons. The van der Waals surface area contributed by atoms with Gasteiger partial charge in [0.1, 0.15) is 27.4 Å². The van der Waals surface area contributed by atoms with Crippen molar-refractivity contribution < 1.29 is 23.8 Å². The number of pyridine rings is 1. The Bertz CT molecular complexity index is 1500. The standard InChI is InChI=1S/C26H21N3O5S/c1-14-19(13-27)25(35-23(14)26(31)34-4)29-24(30)18-12-21(28-20-8-6-5-7-16(18)20)17-10-9-15(32-2)11-22(17)33-3/h5-12H,1-4H3,(H,29,30). The first kappa shape index (κ1) is 23.7. The minimum absolute atomic E-state index is 0.221. The lowest BCUT2D eigenvalue weighted by Crippen LogP contribution is -2.13. The molecule has 0 radical (unpaired) electrons. The van der Waals surface area contributed by atoms with Gasteiger partial charge in [-0.1, -0.05) is 18.2 Å². The van der Waals surface area contributed by atoms with Gasteiger partial charge in [-0.05, 0) is 36.8 Å². The highest BCUT2D eigenvalue weighted by Gasteiger charge is 2.23. The van der Waals surface area contributed by atoms with E-state index >= 15 is 0 Å². The van der Waals surface area contributed by atoms with Crippen LogP contribution in [0.3, 0.4) is 0 Å². The number of hydrogen-bond acceptors (Lipinski definition) is 8. The molecule has 2 heterocycles. The van der Waals surface area contributed by atoms with Gasteiger partial charge in [0.25, 0.3) is 5.91 Å². The molecule has 0 fully saturated rings. The molecule has 0 aliphatic carbocycles. The summed E-state index contributed by atoms with van der Waals surface area (Å²) in [6.45, 7) is 1.65. The Balaban J connectivity index is 1.83. The predicted octanol–water partition coefficient (Wildman–Crippen LogP) is 5.20. The van der Waals surface area contributed by atoms with Crippen LogP contribution < -0.4 is 14.8 Å². The summed E-state index contributed by atoms with van der Waals surface area (Å²) < 4.78 is 15.6. The van der Waals surface area contributed by atoms with E-state index in [0.717, 1.165) is 11.3 Å². The Morgan fingerprint density at radius 3 is 2.51 bits per heavy atom. The summed E-state index contributed by atoms with van der Waals surface area (Å²) in [7, 11) is 4.39. The molecule has 2 aromatic carbocycles. The lowest BCUT2D eigenvalue weighted by atomic mass is 10.0. The Morgan fingerprint density at radius 2 is 1.83 bits per heavy atom. The minimum Gasteiger partial charge on any atom is -0.497 e. The Hall–Kier alpha value is -4.42. The molecule has 9 heteroatoms. The van der Waals surface area contributed by atoms with E-state index in [-0.39, 0.29) is 15.4 Å². The summed E-state index contributed by atoms with van der Waals surface area (Å²) in [6, 6.07) is 16.4. The molecule has 1 N–H and O–H groups in total. The highest BCUT2D eigenvalue weighted by molar-refractivity contribution is 7.18. The SMILES string of the molecule is COC(=O)c1sc(NC(=O)c2cc(-c3ccc(OC)cc3OC)nc3ccccc23)c(C#N)c1C. The first-order chi connectivity index (χ1) is 16.9. The average molecular weight is 488 g/mol. The number of rotatable bonds is 6. The number of aromatic nitrogens is 1. The fourth-order valence-corrected chi connectivity index (χ4v) is 4.78. The molecule has 1 amide bonds. The second kappa shape index (κ2) is 9.83. The van der Waals surface area contributed by atoms with Crippen molar-refractivity contribution >= 4 is 39.1 Å². The maximum atomic E-state index is 13.5. The first-order valence-electron chi connectivity index (χ1n) is 10.5. The van der Waals surface area contributed by atoms with Crippen molar-refractivity contribution in [1.29, 1.82) is 5.26 Å². The number of benzene rings is 2. The summed E-state index contributed by atoms with van der Waals surface area (Å²) in [5.74, 6) is 0.170. The number of ether oxygens (including phenoxy) is 3. The van der Waals surface area contributed by atoms with Crippen LogP contribution in [0.15, 0.2) is 48.5 Å². The Labute approximate surface area is 205 Å². The van der Waals surface area contributed by atoms with Crippen LogP contribution in [0.1, 0.15) is 31.2 Å². The van der Waals surface area contributed by atoms with Crippen molar-refractivity contribution in [3.8, 4) is 28.8 Å². The van der Waals surface area contributed by atoms with Gasteiger partial charge in [-0.2, -0.15) is 5.26 Å². The van der Waals surface area contributed by atoms with Gasteiger partial charge in [0, 0.05) is 17.0 Å². The van der Waals surface area contributed by atoms with Crippen LogP contribution in [0.2, 0.25) is 0 Å². The number of hydrogen-bond donors (Lipinski definition) is 1. The molecule has 0 spiro atoms. The lowest BCUT2D eigenvalue weighted by Gasteiger charge is -2.13. The summed E-state index contributed by atoms with van der Waals surface area (Å²) in [4.78, 5) is 30.6. The summed E-state index contributed by atoms with van der Waals surface area (Å²) in [5, 5.41) is 13.4. The molecule has 4 rings (SSSR count). The van der Waals surface area contributed by atoms with Gasteiger partial charge in [0.2, 0.25) is 0 Å². The number of carbonyl (C=O) groups is 2. The number of amides is 1. The van der Waals surface area contributed by atoms with E-state index in [4.69, 9.17) is 19.2 Å². The zero-order valence-electron chi connectivity index (χ0n) is 19.5. The molecule has 0 saturated carbocycles. The predicted molar refractivity (Wildman–Crippen MR) is 133 cm³/mol. The van der Waals surface area contributed by atoms with E-state index in [2.05, 4.69) is 11.4 Å². The number of esters is 1. The number of para-hydroxylation sites is 1. The maximum Gasteiger partial charge on any atom is 0.348 e. The van der Waals surface area contributed by atoms with Crippen LogP contribution in [0.5, 0.6) is 11.5 Å². The quantitative estimate of drug-likeness (QED) is 0.372. The normalized spacial score (nSPS) is 10.5. The monoisotopic (exact) mass is 487 g/mol. The minimum atomic E-state index is -0.562. The van der Waals surface area contributed by atoms with Gasteiger partial charge >= 0.3 is 5.97 Å². The summed E-state index contributed by atoms with van der Waals surface area (Å²) in [5.41, 5.74) is 2.88. The first-order valence-corrected chi connectivity index (χ1v) is 11.3. The average Bonchev–Trinajstić information content (AvgIpc) is 3.21. The second-order valence-corrected chi connectivity index (χ2v) is 8.48. The fraction of sp³-hybridized carbons (Fsp3) is 0.154. The van der Waals surface area contributed by atoms with Gasteiger partial charge in [-0.25, -0.2) is 9.78 Å². The second-order valence-electron chi connectivity index (χ2n) is 7.46. The van der Waals surface area contributed by atoms with Crippen molar-refractivity contribution in [3.05, 3.63) is 70.1 Å². The molecule has 2 aromatic heterocycles. The van der Waals surface area contributed by atoms with Gasteiger partial charge in [0.15, 0.2) is 0 Å². The molecular formula is C26H21N3O5S. The number of anilines is 1. The molecule has 0 aliphatic heterocycles. The highest BCUT2D eigenvalue weighted by atomic mass is 32.1. The molecule has 0 bridgehead atoms. The van der Waals surface area contributed by atoms with Gasteiger partial charge in [-0.15, -0.1) is 11.3 Å². The zero-order chi connectivity index (χ0) is 25.1. The third-order valence-electron chi connectivity index (χ3n) is 5.50.